The molecule has 26 heavy (non-hydrogen) atoms. The summed E-state index contributed by atoms with van der Waals surface area (Å²) in [6.45, 7) is 8.68. The van der Waals surface area contributed by atoms with Crippen LogP contribution >= 0.6 is 0 Å². The van der Waals surface area contributed by atoms with E-state index in [1.807, 2.05) is 24.3 Å². The van der Waals surface area contributed by atoms with Crippen molar-refractivity contribution in [3.05, 3.63) is 29.8 Å². The molecule has 1 aliphatic rings. The largest absolute Gasteiger partial charge is 0.481 e. The van der Waals surface area contributed by atoms with Crippen molar-refractivity contribution in [2.45, 2.75) is 39.2 Å². The molecule has 0 spiro atoms. The monoisotopic (exact) mass is 362 g/mol. The molecule has 0 saturated carbocycles. The van der Waals surface area contributed by atoms with Gasteiger partial charge in [-0.3, -0.25) is 9.59 Å². The van der Waals surface area contributed by atoms with Crippen LogP contribution in [-0.2, 0) is 14.3 Å². The molecule has 144 valence electrons. The van der Waals surface area contributed by atoms with Crippen molar-refractivity contribution >= 4 is 11.8 Å². The van der Waals surface area contributed by atoms with E-state index in [0.717, 1.165) is 0 Å². The minimum absolute atomic E-state index is 0.0399. The number of ether oxygens (including phenoxy) is 2. The van der Waals surface area contributed by atoms with Crippen LogP contribution in [0, 0.1) is 0 Å². The summed E-state index contributed by atoms with van der Waals surface area (Å²) >= 11 is 0. The third kappa shape index (κ3) is 5.46. The molecular weight excluding hydrogens is 332 g/mol. The van der Waals surface area contributed by atoms with E-state index in [1.54, 1.807) is 23.8 Å². The SMILES string of the molecule is COCCC(=O)N1CCN(C(=O)C(C)Oc2ccc(C(C)C)cc2)CC1. The Labute approximate surface area is 156 Å². The predicted molar refractivity (Wildman–Crippen MR) is 100 cm³/mol. The molecule has 1 unspecified atom stereocenters. The molecular formula is C20H30N2O4. The molecule has 0 radical (unpaired) electrons. The van der Waals surface area contributed by atoms with Gasteiger partial charge in [0.2, 0.25) is 5.91 Å². The van der Waals surface area contributed by atoms with Crippen molar-refractivity contribution in [1.29, 1.82) is 0 Å². The minimum atomic E-state index is -0.546. The van der Waals surface area contributed by atoms with Crippen LogP contribution in [0.2, 0.25) is 0 Å². The molecule has 1 saturated heterocycles. The van der Waals surface area contributed by atoms with Crippen molar-refractivity contribution in [1.82, 2.24) is 9.80 Å². The van der Waals surface area contributed by atoms with Gasteiger partial charge in [-0.05, 0) is 30.5 Å². The molecule has 6 nitrogen and oxygen atoms in total. The van der Waals surface area contributed by atoms with Crippen LogP contribution in [0.25, 0.3) is 0 Å². The number of hydrogen-bond acceptors (Lipinski definition) is 4. The Morgan fingerprint density at radius 1 is 1.00 bits per heavy atom. The summed E-state index contributed by atoms with van der Waals surface area (Å²) in [5.74, 6) is 1.20. The van der Waals surface area contributed by atoms with E-state index in [1.165, 1.54) is 5.56 Å². The molecule has 1 aromatic rings. The lowest BCUT2D eigenvalue weighted by Crippen LogP contribution is -2.53. The molecule has 1 heterocycles. The molecule has 0 aliphatic carbocycles. The number of hydrogen-bond donors (Lipinski definition) is 0. The smallest absolute Gasteiger partial charge is 0.263 e. The zero-order valence-electron chi connectivity index (χ0n) is 16.2. The summed E-state index contributed by atoms with van der Waals surface area (Å²) in [6, 6.07) is 7.88. The summed E-state index contributed by atoms with van der Waals surface area (Å²) in [5, 5.41) is 0. The maximum Gasteiger partial charge on any atom is 0.263 e. The molecule has 0 aromatic heterocycles. The summed E-state index contributed by atoms with van der Waals surface area (Å²) in [6.07, 6.45) is -0.160. The molecule has 0 N–H and O–H groups in total. The summed E-state index contributed by atoms with van der Waals surface area (Å²) < 4.78 is 10.7. The maximum atomic E-state index is 12.6. The highest BCUT2D eigenvalue weighted by atomic mass is 16.5. The summed E-state index contributed by atoms with van der Waals surface area (Å²) in [4.78, 5) is 28.2. The lowest BCUT2D eigenvalue weighted by molar-refractivity contribution is -0.144. The van der Waals surface area contributed by atoms with Crippen molar-refractivity contribution in [3.8, 4) is 5.75 Å². The molecule has 0 bridgehead atoms. The molecule has 6 heteroatoms. The summed E-state index contributed by atoms with van der Waals surface area (Å²) in [5.41, 5.74) is 1.24. The van der Waals surface area contributed by atoms with Crippen LogP contribution in [0.1, 0.15) is 38.7 Å². The third-order valence-electron chi connectivity index (χ3n) is 4.67. The number of benzene rings is 1. The van der Waals surface area contributed by atoms with Crippen LogP contribution in [0.4, 0.5) is 0 Å². The number of carbonyl (C=O) groups excluding carboxylic acids is 2. The first-order valence-corrected chi connectivity index (χ1v) is 9.24. The van der Waals surface area contributed by atoms with Gasteiger partial charge in [0, 0.05) is 33.3 Å². The zero-order valence-corrected chi connectivity index (χ0v) is 16.2. The van der Waals surface area contributed by atoms with E-state index in [2.05, 4.69) is 13.8 Å². The van der Waals surface area contributed by atoms with E-state index in [4.69, 9.17) is 9.47 Å². The molecule has 1 fully saturated rings. The van der Waals surface area contributed by atoms with Gasteiger partial charge in [-0.1, -0.05) is 26.0 Å². The van der Waals surface area contributed by atoms with Gasteiger partial charge < -0.3 is 19.3 Å². The molecule has 1 aliphatic heterocycles. The Morgan fingerprint density at radius 2 is 1.58 bits per heavy atom. The highest BCUT2D eigenvalue weighted by Gasteiger charge is 2.27. The van der Waals surface area contributed by atoms with Crippen LogP contribution in [0.15, 0.2) is 24.3 Å². The zero-order chi connectivity index (χ0) is 19.1. The second-order valence-corrected chi connectivity index (χ2v) is 6.93. The second-order valence-electron chi connectivity index (χ2n) is 6.93. The minimum Gasteiger partial charge on any atom is -0.481 e. The van der Waals surface area contributed by atoms with Crippen LogP contribution in [-0.4, -0.2) is 67.6 Å². The quantitative estimate of drug-likeness (QED) is 0.747. The highest BCUT2D eigenvalue weighted by molar-refractivity contribution is 5.81. The van der Waals surface area contributed by atoms with Crippen molar-refractivity contribution in [2.24, 2.45) is 0 Å². The van der Waals surface area contributed by atoms with E-state index in [9.17, 15) is 9.59 Å². The molecule has 1 aromatic carbocycles. The van der Waals surface area contributed by atoms with Crippen molar-refractivity contribution < 1.29 is 19.1 Å². The second kappa shape index (κ2) is 9.57. The van der Waals surface area contributed by atoms with Gasteiger partial charge in [-0.15, -0.1) is 0 Å². The Kier molecular flexibility index (Phi) is 7.45. The van der Waals surface area contributed by atoms with Gasteiger partial charge in [0.1, 0.15) is 5.75 Å². The number of methoxy groups -OCH3 is 1. The van der Waals surface area contributed by atoms with Crippen LogP contribution < -0.4 is 4.74 Å². The summed E-state index contributed by atoms with van der Waals surface area (Å²) in [7, 11) is 1.58. The fourth-order valence-electron chi connectivity index (χ4n) is 2.97. The topological polar surface area (TPSA) is 59.1 Å². The lowest BCUT2D eigenvalue weighted by atomic mass is 10.0. The van der Waals surface area contributed by atoms with E-state index in [0.29, 0.717) is 50.9 Å². The van der Waals surface area contributed by atoms with Gasteiger partial charge in [0.15, 0.2) is 6.10 Å². The Hall–Kier alpha value is -2.08. The van der Waals surface area contributed by atoms with Gasteiger partial charge >= 0.3 is 0 Å². The number of nitrogens with zero attached hydrogens (tertiary/aromatic N) is 2. The van der Waals surface area contributed by atoms with E-state index >= 15 is 0 Å². The maximum absolute atomic E-state index is 12.6. The third-order valence-corrected chi connectivity index (χ3v) is 4.67. The fraction of sp³-hybridized carbons (Fsp3) is 0.600. The van der Waals surface area contributed by atoms with Crippen molar-refractivity contribution in [2.75, 3.05) is 39.9 Å². The molecule has 2 amide bonds. The van der Waals surface area contributed by atoms with Crippen molar-refractivity contribution in [3.63, 3.8) is 0 Å². The van der Waals surface area contributed by atoms with Gasteiger partial charge in [0.25, 0.3) is 5.91 Å². The standard InChI is InChI=1S/C20H30N2O4/c1-15(2)17-5-7-18(8-6-17)26-16(3)20(24)22-12-10-21(11-13-22)19(23)9-14-25-4/h5-8,15-16H,9-14H2,1-4H3. The van der Waals surface area contributed by atoms with E-state index < -0.39 is 6.10 Å². The number of carbonyl (C=O) groups is 2. The molecule has 2 rings (SSSR count). The predicted octanol–water partition coefficient (Wildman–Crippen LogP) is 2.28. The van der Waals surface area contributed by atoms with Crippen LogP contribution in [0.3, 0.4) is 0 Å². The number of amides is 2. The first-order valence-electron chi connectivity index (χ1n) is 9.24. The fourth-order valence-corrected chi connectivity index (χ4v) is 2.97. The normalized spacial score (nSPS) is 15.9. The Balaban J connectivity index is 1.82. The average Bonchev–Trinajstić information content (AvgIpc) is 2.66. The van der Waals surface area contributed by atoms with E-state index in [-0.39, 0.29) is 11.8 Å². The average molecular weight is 362 g/mol. The number of rotatable bonds is 7. The van der Waals surface area contributed by atoms with Gasteiger partial charge in [-0.2, -0.15) is 0 Å². The first kappa shape index (κ1) is 20.2. The Morgan fingerprint density at radius 3 is 2.12 bits per heavy atom. The number of piperazine rings is 1. The highest BCUT2D eigenvalue weighted by Crippen LogP contribution is 2.20. The van der Waals surface area contributed by atoms with Gasteiger partial charge in [0.05, 0.1) is 13.0 Å². The van der Waals surface area contributed by atoms with Crippen LogP contribution in [0.5, 0.6) is 5.75 Å². The molecule has 1 atom stereocenters. The lowest BCUT2D eigenvalue weighted by Gasteiger charge is -2.36. The Bertz CT molecular complexity index is 592. The van der Waals surface area contributed by atoms with Gasteiger partial charge in [-0.25, -0.2) is 0 Å². The first-order chi connectivity index (χ1) is 12.4.